The summed E-state index contributed by atoms with van der Waals surface area (Å²) in [5.41, 5.74) is 0.860. The lowest BCUT2D eigenvalue weighted by Gasteiger charge is -2.23. The molecule has 6 nitrogen and oxygen atoms in total. The van der Waals surface area contributed by atoms with Gasteiger partial charge in [-0.2, -0.15) is 0 Å². The van der Waals surface area contributed by atoms with Crippen molar-refractivity contribution in [3.05, 3.63) is 59.4 Å². The van der Waals surface area contributed by atoms with Gasteiger partial charge in [0.1, 0.15) is 5.82 Å². The van der Waals surface area contributed by atoms with E-state index in [4.69, 9.17) is 9.47 Å². The highest BCUT2D eigenvalue weighted by molar-refractivity contribution is 5.97. The third-order valence-corrected chi connectivity index (χ3v) is 4.64. The molecule has 7 heteroatoms. The van der Waals surface area contributed by atoms with Crippen molar-refractivity contribution >= 4 is 11.8 Å². The Kier molecular flexibility index (Phi) is 4.66. The fourth-order valence-electron chi connectivity index (χ4n) is 3.01. The molecule has 0 atom stereocenters. The number of halogens is 1. The molecular weight excluding hydrogens is 351 g/mol. The summed E-state index contributed by atoms with van der Waals surface area (Å²) in [6.07, 6.45) is 1.80. The van der Waals surface area contributed by atoms with Crippen molar-refractivity contribution in [2.24, 2.45) is 0 Å². The number of hydrogen-bond donors (Lipinski definition) is 1. The highest BCUT2D eigenvalue weighted by atomic mass is 19.1. The van der Waals surface area contributed by atoms with Crippen molar-refractivity contribution in [1.29, 1.82) is 0 Å². The Labute approximate surface area is 155 Å². The van der Waals surface area contributed by atoms with Crippen LogP contribution in [0.4, 0.5) is 4.39 Å². The second-order valence-corrected chi connectivity index (χ2v) is 6.59. The largest absolute Gasteiger partial charge is 0.454 e. The molecule has 2 amide bonds. The lowest BCUT2D eigenvalue weighted by Crippen LogP contribution is -2.41. The average molecular weight is 370 g/mol. The molecular formula is C20H19FN2O4. The third-order valence-electron chi connectivity index (χ3n) is 4.64. The van der Waals surface area contributed by atoms with E-state index in [0.29, 0.717) is 22.6 Å². The molecule has 2 aliphatic rings. The normalized spacial score (nSPS) is 14.7. The number of nitrogens with zero attached hydrogens (tertiary/aromatic N) is 1. The number of rotatable bonds is 6. The predicted molar refractivity (Wildman–Crippen MR) is 94.9 cm³/mol. The van der Waals surface area contributed by atoms with Gasteiger partial charge < -0.3 is 19.7 Å². The van der Waals surface area contributed by atoms with Gasteiger partial charge in [0.25, 0.3) is 5.91 Å². The number of carbonyl (C=O) groups excluding carboxylic acids is 2. The second kappa shape index (κ2) is 7.26. The van der Waals surface area contributed by atoms with E-state index in [2.05, 4.69) is 5.32 Å². The fourth-order valence-corrected chi connectivity index (χ4v) is 3.01. The summed E-state index contributed by atoms with van der Waals surface area (Å²) in [7, 11) is 0. The van der Waals surface area contributed by atoms with E-state index in [9.17, 15) is 14.0 Å². The Morgan fingerprint density at radius 2 is 1.89 bits per heavy atom. The van der Waals surface area contributed by atoms with Gasteiger partial charge in [0.15, 0.2) is 11.5 Å². The minimum absolute atomic E-state index is 0.111. The second-order valence-electron chi connectivity index (χ2n) is 6.59. The third kappa shape index (κ3) is 3.86. The van der Waals surface area contributed by atoms with Crippen molar-refractivity contribution in [3.8, 4) is 11.5 Å². The van der Waals surface area contributed by atoms with Gasteiger partial charge in [0.2, 0.25) is 12.7 Å². The van der Waals surface area contributed by atoms with Gasteiger partial charge >= 0.3 is 0 Å². The molecule has 0 bridgehead atoms. The number of amides is 2. The number of fused-ring (bicyclic) bond motifs is 1. The summed E-state index contributed by atoms with van der Waals surface area (Å²) < 4.78 is 24.4. The summed E-state index contributed by atoms with van der Waals surface area (Å²) in [6, 6.07) is 11.4. The molecule has 2 aromatic carbocycles. The Morgan fingerprint density at radius 3 is 2.67 bits per heavy atom. The average Bonchev–Trinajstić information content (AvgIpc) is 3.41. The first-order valence-corrected chi connectivity index (χ1v) is 8.82. The number of nitrogens with one attached hydrogen (secondary N) is 1. The molecule has 0 spiro atoms. The van der Waals surface area contributed by atoms with Gasteiger partial charge in [0, 0.05) is 23.7 Å². The zero-order valence-electron chi connectivity index (χ0n) is 14.6. The summed E-state index contributed by atoms with van der Waals surface area (Å²) >= 11 is 0. The molecule has 4 rings (SSSR count). The highest BCUT2D eigenvalue weighted by Crippen LogP contribution is 2.32. The number of ether oxygens (including phenoxy) is 2. The van der Waals surface area contributed by atoms with E-state index in [1.165, 1.54) is 6.07 Å². The Balaban J connectivity index is 1.38. The van der Waals surface area contributed by atoms with E-state index >= 15 is 0 Å². The van der Waals surface area contributed by atoms with Crippen LogP contribution in [-0.2, 0) is 11.3 Å². The maximum atomic E-state index is 13.9. The topological polar surface area (TPSA) is 67.9 Å². The van der Waals surface area contributed by atoms with Crippen molar-refractivity contribution < 1.29 is 23.5 Å². The highest BCUT2D eigenvalue weighted by Gasteiger charge is 2.33. The first-order valence-electron chi connectivity index (χ1n) is 8.82. The van der Waals surface area contributed by atoms with Gasteiger partial charge in [-0.05, 0) is 37.1 Å². The van der Waals surface area contributed by atoms with Crippen molar-refractivity contribution in [2.75, 3.05) is 13.3 Å². The van der Waals surface area contributed by atoms with E-state index < -0.39 is 0 Å². The smallest absolute Gasteiger partial charge is 0.251 e. The van der Waals surface area contributed by atoms with Crippen LogP contribution in [0.5, 0.6) is 11.5 Å². The zero-order valence-corrected chi connectivity index (χ0v) is 14.6. The fraction of sp³-hybridized carbons (Fsp3) is 0.300. The summed E-state index contributed by atoms with van der Waals surface area (Å²) in [5, 5.41) is 2.63. The molecule has 0 unspecified atom stereocenters. The van der Waals surface area contributed by atoms with Crippen LogP contribution in [-0.4, -0.2) is 36.1 Å². The molecule has 1 saturated carbocycles. The lowest BCUT2D eigenvalue weighted by atomic mass is 10.2. The van der Waals surface area contributed by atoms with Gasteiger partial charge in [-0.3, -0.25) is 9.59 Å². The van der Waals surface area contributed by atoms with E-state index in [-0.39, 0.29) is 43.6 Å². The minimum atomic E-state index is -0.372. The molecule has 0 radical (unpaired) electrons. The number of benzene rings is 2. The zero-order chi connectivity index (χ0) is 18.8. The van der Waals surface area contributed by atoms with Crippen LogP contribution in [0.15, 0.2) is 42.5 Å². The monoisotopic (exact) mass is 370 g/mol. The van der Waals surface area contributed by atoms with Crippen LogP contribution in [0, 0.1) is 5.82 Å². The predicted octanol–water partition coefficient (Wildman–Crippen LogP) is 2.48. The molecule has 1 N–H and O–H groups in total. The molecule has 2 aromatic rings. The van der Waals surface area contributed by atoms with Crippen molar-refractivity contribution in [3.63, 3.8) is 0 Å². The molecule has 1 fully saturated rings. The summed E-state index contributed by atoms with van der Waals surface area (Å²) in [4.78, 5) is 26.6. The van der Waals surface area contributed by atoms with E-state index in [1.54, 1.807) is 41.3 Å². The number of hydrogen-bond acceptors (Lipinski definition) is 4. The maximum absolute atomic E-state index is 13.9. The van der Waals surface area contributed by atoms with Crippen LogP contribution in [0.3, 0.4) is 0 Å². The van der Waals surface area contributed by atoms with Crippen LogP contribution >= 0.6 is 0 Å². The van der Waals surface area contributed by atoms with Gasteiger partial charge in [-0.1, -0.05) is 18.2 Å². The number of carbonyl (C=O) groups is 2. The molecule has 0 aromatic heterocycles. The van der Waals surface area contributed by atoms with Gasteiger partial charge in [-0.25, -0.2) is 4.39 Å². The molecule has 1 aliphatic carbocycles. The minimum Gasteiger partial charge on any atom is -0.454 e. The van der Waals surface area contributed by atoms with Crippen molar-refractivity contribution in [1.82, 2.24) is 10.2 Å². The first-order chi connectivity index (χ1) is 13.1. The molecule has 1 heterocycles. The van der Waals surface area contributed by atoms with Crippen LogP contribution in [0.2, 0.25) is 0 Å². The Hall–Kier alpha value is -3.09. The molecule has 27 heavy (non-hydrogen) atoms. The Bertz CT molecular complexity index is 882. The van der Waals surface area contributed by atoms with Gasteiger partial charge in [-0.15, -0.1) is 0 Å². The quantitative estimate of drug-likeness (QED) is 0.848. The van der Waals surface area contributed by atoms with Crippen LogP contribution in [0.1, 0.15) is 28.8 Å². The van der Waals surface area contributed by atoms with Crippen molar-refractivity contribution in [2.45, 2.75) is 25.4 Å². The van der Waals surface area contributed by atoms with E-state index in [1.807, 2.05) is 0 Å². The molecule has 0 saturated heterocycles. The van der Waals surface area contributed by atoms with Crippen LogP contribution in [0.25, 0.3) is 0 Å². The van der Waals surface area contributed by atoms with Crippen LogP contribution < -0.4 is 14.8 Å². The SMILES string of the molecule is O=C(NCC(=O)N(Cc1ccccc1F)C1CC1)c1ccc2c(c1)OCO2. The molecule has 140 valence electrons. The lowest BCUT2D eigenvalue weighted by molar-refractivity contribution is -0.131. The summed E-state index contributed by atoms with van der Waals surface area (Å²) in [6.45, 7) is 0.194. The standard InChI is InChI=1S/C20H19FN2O4/c21-16-4-2-1-3-14(16)11-23(15-6-7-15)19(24)10-22-20(25)13-5-8-17-18(9-13)27-12-26-17/h1-5,8-9,15H,6-7,10-12H2,(H,22,25). The first kappa shape index (κ1) is 17.3. The maximum Gasteiger partial charge on any atom is 0.251 e. The van der Waals surface area contributed by atoms with E-state index in [0.717, 1.165) is 12.8 Å². The summed E-state index contributed by atoms with van der Waals surface area (Å²) in [5.74, 6) is 0.166. The Morgan fingerprint density at radius 1 is 1.11 bits per heavy atom. The molecule has 1 aliphatic heterocycles. The van der Waals surface area contributed by atoms with Gasteiger partial charge in [0.05, 0.1) is 6.54 Å².